The Morgan fingerprint density at radius 3 is 2.36 bits per heavy atom. The summed E-state index contributed by atoms with van der Waals surface area (Å²) in [6.45, 7) is 13.5. The minimum atomic E-state index is -0.500. The molecule has 0 amide bonds. The Balaban J connectivity index is 0.000000648. The Kier molecular flexibility index (Phi) is 8.45. The largest absolute Gasteiger partial charge is 0.466 e. The number of carbonyl (C=O) groups excluding carboxylic acids is 1. The van der Waals surface area contributed by atoms with Gasteiger partial charge in [0.1, 0.15) is 10.8 Å². The lowest BCUT2D eigenvalue weighted by molar-refractivity contribution is -0.142. The maximum absolute atomic E-state index is 12.5. The summed E-state index contributed by atoms with van der Waals surface area (Å²) in [5.74, 6) is 0.731. The first-order valence-electron chi connectivity index (χ1n) is 12.9. The number of halogens is 1. The van der Waals surface area contributed by atoms with Crippen molar-refractivity contribution < 1.29 is 14.6 Å². The van der Waals surface area contributed by atoms with Gasteiger partial charge in [-0.05, 0) is 95.5 Å². The predicted octanol–water partition coefficient (Wildman–Crippen LogP) is 7.74. The van der Waals surface area contributed by atoms with E-state index in [9.17, 15) is 4.79 Å². The van der Waals surface area contributed by atoms with Crippen molar-refractivity contribution in [3.05, 3.63) is 76.3 Å². The van der Waals surface area contributed by atoms with E-state index in [1.54, 1.807) is 32.1 Å². The average molecular weight is 564 g/mol. The first-order chi connectivity index (χ1) is 18.4. The molecule has 6 nitrogen and oxygen atoms in total. The third-order valence-corrected chi connectivity index (χ3v) is 7.41. The maximum Gasteiger partial charge on any atom is 0.310 e. The van der Waals surface area contributed by atoms with E-state index in [-0.39, 0.29) is 12.4 Å². The highest BCUT2D eigenvalue weighted by atomic mass is 35.5. The number of benzene rings is 2. The van der Waals surface area contributed by atoms with Gasteiger partial charge in [-0.1, -0.05) is 23.7 Å². The van der Waals surface area contributed by atoms with Crippen molar-refractivity contribution in [3.8, 4) is 21.7 Å². The average Bonchev–Trinajstić information content (AvgIpc) is 3.39. The summed E-state index contributed by atoms with van der Waals surface area (Å²) in [7, 11) is 0. The number of hydrogen-bond donors (Lipinski definition) is 1. The maximum atomic E-state index is 12.5. The zero-order valence-electron chi connectivity index (χ0n) is 23.4. The molecule has 39 heavy (non-hydrogen) atoms. The number of rotatable bonds is 5. The van der Waals surface area contributed by atoms with Gasteiger partial charge in [-0.25, -0.2) is 9.97 Å². The molecule has 0 unspecified atom stereocenters. The molecule has 0 spiro atoms. The van der Waals surface area contributed by atoms with Crippen LogP contribution in [0.1, 0.15) is 50.3 Å². The van der Waals surface area contributed by atoms with Gasteiger partial charge in [0.15, 0.2) is 0 Å². The summed E-state index contributed by atoms with van der Waals surface area (Å²) in [5, 5.41) is 10.1. The predicted molar refractivity (Wildman–Crippen MR) is 161 cm³/mol. The number of fused-ring (bicyclic) bond motifs is 2. The fraction of sp³-hybridized carbons (Fsp3) is 0.323. The third-order valence-electron chi connectivity index (χ3n) is 6.02. The monoisotopic (exact) mass is 563 g/mol. The number of aliphatic hydroxyl groups is 1. The Bertz CT molecular complexity index is 1640. The van der Waals surface area contributed by atoms with E-state index in [0.717, 1.165) is 60.1 Å². The normalized spacial score (nSPS) is 11.5. The first kappa shape index (κ1) is 28.7. The van der Waals surface area contributed by atoms with Crippen molar-refractivity contribution in [1.29, 1.82) is 0 Å². The number of esters is 1. The van der Waals surface area contributed by atoms with Crippen molar-refractivity contribution in [2.45, 2.75) is 60.5 Å². The van der Waals surface area contributed by atoms with Crippen LogP contribution in [-0.4, -0.2) is 37.7 Å². The second-order valence-corrected chi connectivity index (χ2v) is 11.9. The molecule has 1 N–H and O–H groups in total. The van der Waals surface area contributed by atoms with Crippen LogP contribution < -0.4 is 0 Å². The van der Waals surface area contributed by atoms with Crippen LogP contribution in [0.15, 0.2) is 48.7 Å². The van der Waals surface area contributed by atoms with Gasteiger partial charge in [0.25, 0.3) is 0 Å². The highest BCUT2D eigenvalue weighted by Gasteiger charge is 2.20. The second-order valence-electron chi connectivity index (χ2n) is 10.5. The van der Waals surface area contributed by atoms with E-state index in [1.807, 2.05) is 58.2 Å². The summed E-state index contributed by atoms with van der Waals surface area (Å²) in [6.07, 6.45) is 2.25. The van der Waals surface area contributed by atoms with Crippen molar-refractivity contribution in [1.82, 2.24) is 14.4 Å². The van der Waals surface area contributed by atoms with Gasteiger partial charge >= 0.3 is 5.97 Å². The van der Waals surface area contributed by atoms with E-state index in [4.69, 9.17) is 26.4 Å². The number of ether oxygens (including phenoxy) is 1. The minimum Gasteiger partial charge on any atom is -0.466 e. The highest BCUT2D eigenvalue weighted by Crippen LogP contribution is 2.41. The quantitative estimate of drug-likeness (QED) is 0.221. The van der Waals surface area contributed by atoms with Crippen molar-refractivity contribution in [2.24, 2.45) is 0 Å². The molecule has 5 rings (SSSR count). The molecule has 3 heterocycles. The van der Waals surface area contributed by atoms with Crippen LogP contribution in [0.2, 0.25) is 5.02 Å². The number of aryl methyl sites for hydroxylation is 3. The molecule has 0 radical (unpaired) electrons. The highest BCUT2D eigenvalue weighted by molar-refractivity contribution is 7.22. The van der Waals surface area contributed by atoms with Gasteiger partial charge in [0.05, 0.1) is 40.1 Å². The topological polar surface area (TPSA) is 76.7 Å². The Hall–Kier alpha value is -3.26. The van der Waals surface area contributed by atoms with E-state index in [2.05, 4.69) is 27.6 Å². The zero-order valence-corrected chi connectivity index (χ0v) is 25.0. The molecule has 3 aromatic heterocycles. The molecule has 0 aliphatic heterocycles. The van der Waals surface area contributed by atoms with Gasteiger partial charge in [-0.3, -0.25) is 4.79 Å². The third kappa shape index (κ3) is 6.67. The Morgan fingerprint density at radius 1 is 1.05 bits per heavy atom. The molecule has 0 fully saturated rings. The number of aromatic nitrogens is 3. The lowest BCUT2D eigenvalue weighted by Crippen LogP contribution is -2.10. The molecule has 8 heteroatoms. The number of nitrogens with zero attached hydrogens (tertiary/aromatic N) is 3. The van der Waals surface area contributed by atoms with Crippen LogP contribution >= 0.6 is 22.9 Å². The van der Waals surface area contributed by atoms with Crippen LogP contribution in [0, 0.1) is 20.8 Å². The smallest absolute Gasteiger partial charge is 0.310 e. The van der Waals surface area contributed by atoms with Crippen LogP contribution in [-0.2, 0) is 16.0 Å². The molecule has 0 saturated carbocycles. The summed E-state index contributed by atoms with van der Waals surface area (Å²) in [5.41, 5.74) is 7.52. The van der Waals surface area contributed by atoms with Crippen LogP contribution in [0.4, 0.5) is 0 Å². The molecular weight excluding hydrogens is 530 g/mol. The Morgan fingerprint density at radius 2 is 1.72 bits per heavy atom. The van der Waals surface area contributed by atoms with Gasteiger partial charge in [0, 0.05) is 22.3 Å². The lowest BCUT2D eigenvalue weighted by atomic mass is 9.93. The SMILES string of the molecule is CC(C)(C)O.CCOC(=O)Cc1c(C)cc2nc(-c3ccn4c(C)nc(C)c4c3)sc2c1-c1ccc(Cl)cc1. The standard InChI is InChI=1S/C27H24ClN3O2S.C4H10O/c1-5-33-24(32)14-21-15(2)12-22-26(25(21)18-6-8-20(28)9-7-18)34-27(30-22)19-10-11-31-17(4)29-16(3)23(31)13-19;1-4(2,3)5/h6-13H,5,14H2,1-4H3;5H,1-3H3. The number of imidazole rings is 1. The van der Waals surface area contributed by atoms with E-state index in [1.165, 1.54) is 0 Å². The molecule has 5 aromatic rings. The van der Waals surface area contributed by atoms with E-state index in [0.29, 0.717) is 11.6 Å². The molecule has 2 aromatic carbocycles. The molecular formula is C31H34ClN3O3S. The Labute approximate surface area is 238 Å². The number of carbonyl (C=O) groups is 1. The van der Waals surface area contributed by atoms with Crippen LogP contribution in [0.25, 0.3) is 37.4 Å². The number of thiazole rings is 1. The zero-order chi connectivity index (χ0) is 28.5. The van der Waals surface area contributed by atoms with Crippen molar-refractivity contribution in [2.75, 3.05) is 6.61 Å². The summed E-state index contributed by atoms with van der Waals surface area (Å²) in [6, 6.07) is 14.0. The van der Waals surface area contributed by atoms with E-state index >= 15 is 0 Å². The molecule has 204 valence electrons. The molecule has 0 bridgehead atoms. The lowest BCUT2D eigenvalue weighted by Gasteiger charge is -2.14. The number of hydrogen-bond acceptors (Lipinski definition) is 6. The first-order valence-corrected chi connectivity index (χ1v) is 14.1. The van der Waals surface area contributed by atoms with Gasteiger partial charge in [-0.2, -0.15) is 0 Å². The fourth-order valence-corrected chi connectivity index (χ4v) is 5.67. The molecule has 0 atom stereocenters. The van der Waals surface area contributed by atoms with Gasteiger partial charge < -0.3 is 14.2 Å². The number of pyridine rings is 1. The molecule has 0 saturated heterocycles. The van der Waals surface area contributed by atoms with Crippen molar-refractivity contribution >= 4 is 44.6 Å². The van der Waals surface area contributed by atoms with Crippen LogP contribution in [0.5, 0.6) is 0 Å². The molecule has 0 aliphatic rings. The molecule has 0 aliphatic carbocycles. The summed E-state index contributed by atoms with van der Waals surface area (Å²) >= 11 is 7.80. The fourth-order valence-electron chi connectivity index (χ4n) is 4.41. The summed E-state index contributed by atoms with van der Waals surface area (Å²) in [4.78, 5) is 22.0. The second kappa shape index (κ2) is 11.5. The van der Waals surface area contributed by atoms with E-state index < -0.39 is 5.60 Å². The van der Waals surface area contributed by atoms with Gasteiger partial charge in [-0.15, -0.1) is 11.3 Å². The van der Waals surface area contributed by atoms with Crippen molar-refractivity contribution in [3.63, 3.8) is 0 Å². The minimum absolute atomic E-state index is 0.209. The van der Waals surface area contributed by atoms with Gasteiger partial charge in [0.2, 0.25) is 0 Å². The summed E-state index contributed by atoms with van der Waals surface area (Å²) < 4.78 is 8.41. The van der Waals surface area contributed by atoms with Crippen LogP contribution in [0.3, 0.4) is 0 Å².